The number of methoxy groups -OCH3 is 1. The zero-order valence-electron chi connectivity index (χ0n) is 17.0. The Morgan fingerprint density at radius 2 is 1.93 bits per heavy atom. The summed E-state index contributed by atoms with van der Waals surface area (Å²) in [7, 11) is -0.630. The molecule has 2 N–H and O–H groups in total. The van der Waals surface area contributed by atoms with E-state index in [2.05, 4.69) is 10.0 Å². The summed E-state index contributed by atoms with van der Waals surface area (Å²) in [5.74, 6) is 0.909. The number of carbonyl (C=O) groups excluding carboxylic acids is 1. The molecule has 1 aliphatic heterocycles. The summed E-state index contributed by atoms with van der Waals surface area (Å²) in [5.41, 5.74) is 1.22. The highest BCUT2D eigenvalue weighted by Crippen LogP contribution is 2.29. The Bertz CT molecular complexity index is 969. The van der Waals surface area contributed by atoms with Gasteiger partial charge in [-0.1, -0.05) is 6.07 Å². The number of amides is 1. The molecule has 1 amide bonds. The number of benzene rings is 2. The number of nitrogens with one attached hydrogen (secondary N) is 2. The number of hydrogen-bond acceptors (Lipinski definition) is 6. The minimum absolute atomic E-state index is 0.102. The lowest BCUT2D eigenvalue weighted by atomic mass is 10.1. The fourth-order valence-electron chi connectivity index (χ4n) is 3.09. The van der Waals surface area contributed by atoms with E-state index < -0.39 is 10.0 Å². The third-order valence-electron chi connectivity index (χ3n) is 4.83. The van der Waals surface area contributed by atoms with Crippen LogP contribution in [0.25, 0.3) is 0 Å². The van der Waals surface area contributed by atoms with E-state index in [1.54, 1.807) is 7.11 Å². The average Bonchev–Trinajstić information content (AvgIpc) is 3.30. The van der Waals surface area contributed by atoms with E-state index in [0.717, 1.165) is 25.0 Å². The number of carbonyl (C=O) groups is 1. The van der Waals surface area contributed by atoms with Crippen LogP contribution in [0.15, 0.2) is 47.4 Å². The van der Waals surface area contributed by atoms with E-state index in [0.29, 0.717) is 23.7 Å². The van der Waals surface area contributed by atoms with Crippen molar-refractivity contribution in [3.8, 4) is 11.5 Å². The molecule has 1 unspecified atom stereocenters. The summed E-state index contributed by atoms with van der Waals surface area (Å²) < 4.78 is 42.5. The number of rotatable bonds is 9. The van der Waals surface area contributed by atoms with Gasteiger partial charge in [-0.3, -0.25) is 4.79 Å². The topological polar surface area (TPSA) is 103 Å². The Kier molecular flexibility index (Phi) is 7.30. The molecule has 0 aromatic heterocycles. The van der Waals surface area contributed by atoms with E-state index in [1.807, 2.05) is 18.2 Å². The van der Waals surface area contributed by atoms with Crippen LogP contribution >= 0.6 is 0 Å². The molecule has 162 valence electrons. The van der Waals surface area contributed by atoms with Gasteiger partial charge in [0, 0.05) is 18.7 Å². The summed E-state index contributed by atoms with van der Waals surface area (Å²) in [6, 6.07) is 11.2. The molecule has 8 nitrogen and oxygen atoms in total. The van der Waals surface area contributed by atoms with Gasteiger partial charge >= 0.3 is 0 Å². The zero-order valence-corrected chi connectivity index (χ0v) is 17.8. The van der Waals surface area contributed by atoms with Gasteiger partial charge in [0.2, 0.25) is 10.0 Å². The first-order chi connectivity index (χ1) is 14.4. The standard InChI is InChI=1S/C21H26N2O6S/c1-22-30(25,26)18-8-6-16(7-9-18)21(24)23-13-15-5-10-19(20(12-15)27-2)29-14-17-4-3-11-28-17/h5-10,12,17,22H,3-4,11,13-14H2,1-2H3,(H,23,24). The second-order valence-electron chi connectivity index (χ2n) is 6.85. The number of ether oxygens (including phenoxy) is 3. The lowest BCUT2D eigenvalue weighted by Crippen LogP contribution is -2.23. The minimum atomic E-state index is -3.53. The number of sulfonamides is 1. The van der Waals surface area contributed by atoms with Crippen LogP contribution in [-0.2, 0) is 21.3 Å². The smallest absolute Gasteiger partial charge is 0.251 e. The minimum Gasteiger partial charge on any atom is -0.493 e. The van der Waals surface area contributed by atoms with Crippen LogP contribution in [0.2, 0.25) is 0 Å². The Morgan fingerprint density at radius 1 is 1.17 bits per heavy atom. The van der Waals surface area contributed by atoms with Crippen molar-refractivity contribution in [2.45, 2.75) is 30.4 Å². The van der Waals surface area contributed by atoms with Gasteiger partial charge in [-0.15, -0.1) is 0 Å². The predicted octanol–water partition coefficient (Wildman–Crippen LogP) is 2.09. The highest BCUT2D eigenvalue weighted by Gasteiger charge is 2.17. The van der Waals surface area contributed by atoms with Crippen LogP contribution in [0.3, 0.4) is 0 Å². The van der Waals surface area contributed by atoms with E-state index in [9.17, 15) is 13.2 Å². The first-order valence-corrected chi connectivity index (χ1v) is 11.1. The average molecular weight is 435 g/mol. The van der Waals surface area contributed by atoms with Crippen LogP contribution in [0.4, 0.5) is 0 Å². The molecule has 1 aliphatic rings. The fourth-order valence-corrected chi connectivity index (χ4v) is 3.82. The van der Waals surface area contributed by atoms with Crippen molar-refractivity contribution in [2.75, 3.05) is 27.4 Å². The van der Waals surface area contributed by atoms with E-state index >= 15 is 0 Å². The van der Waals surface area contributed by atoms with Gasteiger partial charge in [0.25, 0.3) is 5.91 Å². The second kappa shape index (κ2) is 9.92. The largest absolute Gasteiger partial charge is 0.493 e. The van der Waals surface area contributed by atoms with Gasteiger partial charge in [-0.05, 0) is 61.9 Å². The first kappa shape index (κ1) is 22.1. The van der Waals surface area contributed by atoms with Crippen molar-refractivity contribution >= 4 is 15.9 Å². The summed E-state index contributed by atoms with van der Waals surface area (Å²) in [4.78, 5) is 12.5. The molecule has 0 spiro atoms. The van der Waals surface area contributed by atoms with Crippen molar-refractivity contribution in [1.29, 1.82) is 0 Å². The van der Waals surface area contributed by atoms with Crippen molar-refractivity contribution in [2.24, 2.45) is 0 Å². The van der Waals surface area contributed by atoms with Crippen molar-refractivity contribution < 1.29 is 27.4 Å². The van der Waals surface area contributed by atoms with E-state index in [-0.39, 0.29) is 23.5 Å². The van der Waals surface area contributed by atoms with Crippen LogP contribution < -0.4 is 19.5 Å². The van der Waals surface area contributed by atoms with Gasteiger partial charge < -0.3 is 19.5 Å². The van der Waals surface area contributed by atoms with Crippen LogP contribution in [0.1, 0.15) is 28.8 Å². The Labute approximate surface area is 176 Å². The molecule has 1 fully saturated rings. The maximum Gasteiger partial charge on any atom is 0.251 e. The number of hydrogen-bond donors (Lipinski definition) is 2. The molecule has 0 aliphatic carbocycles. The molecule has 0 bridgehead atoms. The quantitative estimate of drug-likeness (QED) is 0.627. The summed E-state index contributed by atoms with van der Waals surface area (Å²) in [5, 5.41) is 2.81. The molecular weight excluding hydrogens is 408 g/mol. The Morgan fingerprint density at radius 3 is 2.57 bits per heavy atom. The van der Waals surface area contributed by atoms with Crippen molar-refractivity contribution in [3.05, 3.63) is 53.6 Å². The van der Waals surface area contributed by atoms with Gasteiger partial charge in [0.15, 0.2) is 11.5 Å². The van der Waals surface area contributed by atoms with Crippen LogP contribution in [-0.4, -0.2) is 47.8 Å². The Balaban J connectivity index is 1.58. The Hall–Kier alpha value is -2.62. The lowest BCUT2D eigenvalue weighted by molar-refractivity contribution is 0.0669. The first-order valence-electron chi connectivity index (χ1n) is 9.66. The molecule has 1 saturated heterocycles. The normalized spacial score (nSPS) is 16.3. The summed E-state index contributed by atoms with van der Waals surface area (Å²) in [6.45, 7) is 1.54. The highest BCUT2D eigenvalue weighted by atomic mass is 32.2. The van der Waals surface area contributed by atoms with Crippen LogP contribution in [0.5, 0.6) is 11.5 Å². The molecular formula is C21H26N2O6S. The van der Waals surface area contributed by atoms with Crippen molar-refractivity contribution in [1.82, 2.24) is 10.0 Å². The maximum atomic E-state index is 12.4. The third kappa shape index (κ3) is 5.50. The molecule has 1 atom stereocenters. The maximum absolute atomic E-state index is 12.4. The summed E-state index contributed by atoms with van der Waals surface area (Å²) in [6.07, 6.45) is 2.16. The van der Waals surface area contributed by atoms with Gasteiger partial charge in [0.1, 0.15) is 6.61 Å². The molecule has 30 heavy (non-hydrogen) atoms. The molecule has 2 aromatic carbocycles. The lowest BCUT2D eigenvalue weighted by Gasteiger charge is -2.15. The highest BCUT2D eigenvalue weighted by molar-refractivity contribution is 7.89. The molecule has 0 saturated carbocycles. The van der Waals surface area contributed by atoms with Crippen LogP contribution in [0, 0.1) is 0 Å². The predicted molar refractivity (Wildman–Crippen MR) is 111 cm³/mol. The van der Waals surface area contributed by atoms with Gasteiger partial charge in [0.05, 0.1) is 18.1 Å². The van der Waals surface area contributed by atoms with Gasteiger partial charge in [-0.2, -0.15) is 0 Å². The molecule has 0 radical (unpaired) electrons. The fraction of sp³-hybridized carbons (Fsp3) is 0.381. The van der Waals surface area contributed by atoms with Gasteiger partial charge in [-0.25, -0.2) is 13.1 Å². The summed E-state index contributed by atoms with van der Waals surface area (Å²) >= 11 is 0. The monoisotopic (exact) mass is 434 g/mol. The molecule has 2 aromatic rings. The van der Waals surface area contributed by atoms with Crippen molar-refractivity contribution in [3.63, 3.8) is 0 Å². The van der Waals surface area contributed by atoms with E-state index in [1.165, 1.54) is 31.3 Å². The molecule has 9 heteroatoms. The molecule has 1 heterocycles. The van der Waals surface area contributed by atoms with E-state index in [4.69, 9.17) is 14.2 Å². The molecule has 3 rings (SSSR count). The SMILES string of the molecule is CNS(=O)(=O)c1ccc(C(=O)NCc2ccc(OCC3CCCO3)c(OC)c2)cc1. The second-order valence-corrected chi connectivity index (χ2v) is 8.73. The zero-order chi connectivity index (χ0) is 21.6. The third-order valence-corrected chi connectivity index (χ3v) is 6.26.